The van der Waals surface area contributed by atoms with Crippen LogP contribution in [0.5, 0.6) is 5.75 Å². The minimum absolute atomic E-state index is 0.104. The zero-order valence-electron chi connectivity index (χ0n) is 19.5. The fourth-order valence-electron chi connectivity index (χ4n) is 4.46. The first-order chi connectivity index (χ1) is 16.5. The number of fused-ring (bicyclic) bond motifs is 1. The molecule has 0 aliphatic carbocycles. The molecule has 0 N–H and O–H groups in total. The number of methoxy groups -OCH3 is 1. The van der Waals surface area contributed by atoms with Crippen LogP contribution in [0.15, 0.2) is 66.7 Å². The van der Waals surface area contributed by atoms with Crippen molar-refractivity contribution in [2.24, 2.45) is 0 Å². The van der Waals surface area contributed by atoms with Crippen LogP contribution in [0, 0.1) is 11.6 Å². The van der Waals surface area contributed by atoms with Gasteiger partial charge in [0.1, 0.15) is 17.4 Å². The molecule has 0 bridgehead atoms. The van der Waals surface area contributed by atoms with Gasteiger partial charge >= 0.3 is 0 Å². The summed E-state index contributed by atoms with van der Waals surface area (Å²) in [6, 6.07) is 18.9. The van der Waals surface area contributed by atoms with Crippen molar-refractivity contribution in [3.63, 3.8) is 0 Å². The van der Waals surface area contributed by atoms with Crippen LogP contribution in [-0.4, -0.2) is 13.4 Å². The van der Waals surface area contributed by atoms with Gasteiger partial charge in [0.2, 0.25) is 0 Å². The minimum atomic E-state index is -0.681. The Hall–Kier alpha value is -3.53. The molecule has 174 valence electrons. The van der Waals surface area contributed by atoms with Crippen molar-refractivity contribution in [2.45, 2.75) is 39.0 Å². The van der Waals surface area contributed by atoms with Crippen molar-refractivity contribution >= 4 is 17.1 Å². The topological polar surface area (TPSA) is 26.3 Å². The number of aryl methyl sites for hydroxylation is 1. The summed E-state index contributed by atoms with van der Waals surface area (Å²) in [7, 11) is 1.54. The van der Waals surface area contributed by atoms with E-state index in [9.17, 15) is 4.79 Å². The molecule has 0 heterocycles. The first-order valence-corrected chi connectivity index (χ1v) is 11.7. The number of hydrogen-bond acceptors (Lipinski definition) is 2. The minimum Gasteiger partial charge on any atom is -0.497 e. The average molecular weight is 459 g/mol. The van der Waals surface area contributed by atoms with Crippen LogP contribution in [0.1, 0.15) is 48.5 Å². The van der Waals surface area contributed by atoms with Crippen molar-refractivity contribution in [1.29, 1.82) is 0 Å². The summed E-state index contributed by atoms with van der Waals surface area (Å²) >= 11 is 0. The summed E-state index contributed by atoms with van der Waals surface area (Å²) in [5.41, 5.74) is 2.83. The second-order valence-electron chi connectivity index (χ2n) is 8.55. The third-order valence-electron chi connectivity index (χ3n) is 6.29. The lowest BCUT2D eigenvalue weighted by atomic mass is 9.92. The standard InChI is InChI=1S/C30H28F2O2/c1-3-4-5-6-7-20-8-14-25-22(16-20)11-15-26(27(25)19-33)23-17-28(31)30(29(32)18-23)21-9-12-24(34-2)13-10-21/h8-19H,3-7H2,1-2H3. The Bertz CT molecular complexity index is 1290. The Morgan fingerprint density at radius 1 is 0.824 bits per heavy atom. The summed E-state index contributed by atoms with van der Waals surface area (Å²) < 4.78 is 35.3. The third-order valence-corrected chi connectivity index (χ3v) is 6.29. The number of hydrogen-bond donors (Lipinski definition) is 0. The fourth-order valence-corrected chi connectivity index (χ4v) is 4.46. The Kier molecular flexibility index (Phi) is 7.36. The number of carbonyl (C=O) groups is 1. The first-order valence-electron chi connectivity index (χ1n) is 11.7. The molecule has 0 radical (unpaired) electrons. The molecule has 0 aliphatic heterocycles. The smallest absolute Gasteiger partial charge is 0.151 e. The first kappa shape index (κ1) is 23.6. The summed E-state index contributed by atoms with van der Waals surface area (Å²) in [4.78, 5) is 12.1. The van der Waals surface area contributed by atoms with Crippen molar-refractivity contribution in [1.82, 2.24) is 0 Å². The Labute approximate surface area is 199 Å². The van der Waals surface area contributed by atoms with E-state index in [2.05, 4.69) is 13.0 Å². The quantitative estimate of drug-likeness (QED) is 0.186. The molecule has 4 aromatic carbocycles. The lowest BCUT2D eigenvalue weighted by Crippen LogP contribution is -1.96. The molecular formula is C30H28F2O2. The van der Waals surface area contributed by atoms with E-state index in [1.807, 2.05) is 18.2 Å². The Morgan fingerprint density at radius 3 is 2.21 bits per heavy atom. The van der Waals surface area contributed by atoms with Crippen molar-refractivity contribution in [3.05, 3.63) is 89.5 Å². The molecule has 4 rings (SSSR count). The molecule has 0 aromatic heterocycles. The highest BCUT2D eigenvalue weighted by atomic mass is 19.1. The molecule has 0 saturated heterocycles. The lowest BCUT2D eigenvalue weighted by Gasteiger charge is -2.13. The summed E-state index contributed by atoms with van der Waals surface area (Å²) in [6.45, 7) is 2.19. The van der Waals surface area contributed by atoms with Gasteiger partial charge in [-0.25, -0.2) is 8.78 Å². The van der Waals surface area contributed by atoms with E-state index in [1.165, 1.54) is 44.1 Å². The van der Waals surface area contributed by atoms with Crippen LogP contribution < -0.4 is 4.74 Å². The van der Waals surface area contributed by atoms with Crippen molar-refractivity contribution in [2.75, 3.05) is 7.11 Å². The van der Waals surface area contributed by atoms with Crippen LogP contribution in [0.3, 0.4) is 0 Å². The average Bonchev–Trinajstić information content (AvgIpc) is 2.85. The molecule has 0 aliphatic rings. The highest BCUT2D eigenvalue weighted by molar-refractivity contribution is 6.04. The van der Waals surface area contributed by atoms with Gasteiger partial charge < -0.3 is 4.74 Å². The number of aldehydes is 1. The van der Waals surface area contributed by atoms with Gasteiger partial charge in [-0.1, -0.05) is 68.7 Å². The van der Waals surface area contributed by atoms with Crippen LogP contribution in [0.2, 0.25) is 0 Å². The maximum atomic E-state index is 15.1. The SMILES string of the molecule is CCCCCCc1ccc2c(C=O)c(-c3cc(F)c(-c4ccc(OC)cc4)c(F)c3)ccc2c1. The highest BCUT2D eigenvalue weighted by Gasteiger charge is 2.17. The van der Waals surface area contributed by atoms with Gasteiger partial charge in [0.15, 0.2) is 6.29 Å². The van der Waals surface area contributed by atoms with Crippen molar-refractivity contribution < 1.29 is 18.3 Å². The van der Waals surface area contributed by atoms with Crippen molar-refractivity contribution in [3.8, 4) is 28.0 Å². The van der Waals surface area contributed by atoms with Gasteiger partial charge in [-0.15, -0.1) is 0 Å². The maximum absolute atomic E-state index is 15.1. The number of carbonyl (C=O) groups excluding carboxylic acids is 1. The van der Waals surface area contributed by atoms with Crippen LogP contribution in [0.25, 0.3) is 33.0 Å². The van der Waals surface area contributed by atoms with Gasteiger partial charge in [0, 0.05) is 5.56 Å². The number of benzene rings is 4. The van der Waals surface area contributed by atoms with E-state index in [1.54, 1.807) is 30.3 Å². The molecule has 0 spiro atoms. The third kappa shape index (κ3) is 4.86. The van der Waals surface area contributed by atoms with Gasteiger partial charge in [0.05, 0.1) is 12.7 Å². The van der Waals surface area contributed by atoms with E-state index in [-0.39, 0.29) is 5.56 Å². The largest absolute Gasteiger partial charge is 0.497 e. The van der Waals surface area contributed by atoms with Crippen LogP contribution in [-0.2, 0) is 6.42 Å². The van der Waals surface area contributed by atoms with E-state index in [0.717, 1.165) is 29.9 Å². The molecule has 0 fully saturated rings. The van der Waals surface area contributed by atoms with E-state index >= 15 is 8.78 Å². The van der Waals surface area contributed by atoms with Crippen LogP contribution >= 0.6 is 0 Å². The molecule has 2 nitrogen and oxygen atoms in total. The molecule has 0 atom stereocenters. The molecule has 0 amide bonds. The Balaban J connectivity index is 1.70. The monoisotopic (exact) mass is 458 g/mol. The zero-order chi connectivity index (χ0) is 24.1. The number of ether oxygens (including phenoxy) is 1. The highest BCUT2D eigenvalue weighted by Crippen LogP contribution is 2.35. The summed E-state index contributed by atoms with van der Waals surface area (Å²) in [5, 5.41) is 1.74. The van der Waals surface area contributed by atoms with E-state index in [4.69, 9.17) is 4.74 Å². The second kappa shape index (κ2) is 10.6. The number of rotatable bonds is 9. The summed E-state index contributed by atoms with van der Waals surface area (Å²) in [6.07, 6.45) is 6.54. The maximum Gasteiger partial charge on any atom is 0.151 e. The van der Waals surface area contributed by atoms with E-state index < -0.39 is 11.6 Å². The Morgan fingerprint density at radius 2 is 1.56 bits per heavy atom. The predicted molar refractivity (Wildman–Crippen MR) is 135 cm³/mol. The fraction of sp³-hybridized carbons (Fsp3) is 0.233. The lowest BCUT2D eigenvalue weighted by molar-refractivity contribution is 0.112. The van der Waals surface area contributed by atoms with E-state index in [0.29, 0.717) is 28.0 Å². The second-order valence-corrected chi connectivity index (χ2v) is 8.55. The summed E-state index contributed by atoms with van der Waals surface area (Å²) in [5.74, 6) is -0.754. The molecule has 0 unspecified atom stereocenters. The number of halogens is 2. The van der Waals surface area contributed by atoms with Gasteiger partial charge in [-0.3, -0.25) is 4.79 Å². The number of unbranched alkanes of at least 4 members (excludes halogenated alkanes) is 3. The zero-order valence-corrected chi connectivity index (χ0v) is 19.5. The van der Waals surface area contributed by atoms with Crippen LogP contribution in [0.4, 0.5) is 8.78 Å². The molecule has 0 saturated carbocycles. The molecule has 34 heavy (non-hydrogen) atoms. The molecular weight excluding hydrogens is 430 g/mol. The molecule has 4 aromatic rings. The van der Waals surface area contributed by atoms with Gasteiger partial charge in [0.25, 0.3) is 0 Å². The molecule has 4 heteroatoms. The normalized spacial score (nSPS) is 11.1. The van der Waals surface area contributed by atoms with Gasteiger partial charge in [-0.05, 0) is 70.1 Å². The predicted octanol–water partition coefficient (Wildman–Crippen LogP) is 8.40. The van der Waals surface area contributed by atoms with Gasteiger partial charge in [-0.2, -0.15) is 0 Å².